The number of nitrogens with one attached hydrogen (secondary N) is 1. The van der Waals surface area contributed by atoms with Crippen molar-refractivity contribution >= 4 is 27.5 Å². The van der Waals surface area contributed by atoms with Crippen LogP contribution in [-0.2, 0) is 32.6 Å². The first kappa shape index (κ1) is 31.4. The van der Waals surface area contributed by atoms with Crippen LogP contribution in [0, 0.1) is 11.7 Å². The SMILES string of the molecule is CC(C)CNC(=O)[C@@H](Cc1ccccc1)N(Cc1ccc(F)cc1)C(=O)CN(c1ccccc1)S(=O)(=O)c1ccccc1. The number of hydrogen-bond acceptors (Lipinski definition) is 4. The second-order valence-electron chi connectivity index (χ2n) is 10.7. The zero-order valence-electron chi connectivity index (χ0n) is 24.3. The summed E-state index contributed by atoms with van der Waals surface area (Å²) in [4.78, 5) is 29.5. The fraction of sp³-hybridized carbons (Fsp3) is 0.235. The van der Waals surface area contributed by atoms with Gasteiger partial charge < -0.3 is 10.2 Å². The average Bonchev–Trinajstić information content (AvgIpc) is 3.02. The number of hydrogen-bond donors (Lipinski definition) is 1. The molecule has 9 heteroatoms. The number of rotatable bonds is 13. The molecule has 0 aromatic heterocycles. The summed E-state index contributed by atoms with van der Waals surface area (Å²) in [5, 5.41) is 2.95. The summed E-state index contributed by atoms with van der Waals surface area (Å²) in [5.41, 5.74) is 1.74. The normalized spacial score (nSPS) is 12.0. The van der Waals surface area contributed by atoms with Crippen LogP contribution in [0.25, 0.3) is 0 Å². The van der Waals surface area contributed by atoms with Gasteiger partial charge in [-0.3, -0.25) is 13.9 Å². The molecule has 0 aliphatic heterocycles. The van der Waals surface area contributed by atoms with E-state index in [4.69, 9.17) is 0 Å². The molecule has 0 spiro atoms. The van der Waals surface area contributed by atoms with Gasteiger partial charge in [0.15, 0.2) is 0 Å². The Kier molecular flexibility index (Phi) is 10.7. The van der Waals surface area contributed by atoms with Crippen LogP contribution < -0.4 is 9.62 Å². The lowest BCUT2D eigenvalue weighted by atomic mass is 10.0. The van der Waals surface area contributed by atoms with Gasteiger partial charge in [-0.2, -0.15) is 0 Å². The quantitative estimate of drug-likeness (QED) is 0.221. The Bertz CT molecular complexity index is 1580. The van der Waals surface area contributed by atoms with Gasteiger partial charge in [-0.1, -0.05) is 92.7 Å². The summed E-state index contributed by atoms with van der Waals surface area (Å²) in [6.45, 7) is 3.77. The second-order valence-corrected chi connectivity index (χ2v) is 12.5. The number of amides is 2. The average molecular weight is 602 g/mol. The highest BCUT2D eigenvalue weighted by Gasteiger charge is 2.34. The highest BCUT2D eigenvalue weighted by Crippen LogP contribution is 2.25. The third kappa shape index (κ3) is 8.51. The van der Waals surface area contributed by atoms with Crippen LogP contribution >= 0.6 is 0 Å². The van der Waals surface area contributed by atoms with Crippen molar-refractivity contribution in [3.05, 3.63) is 132 Å². The number of sulfonamides is 1. The van der Waals surface area contributed by atoms with Gasteiger partial charge in [0.2, 0.25) is 11.8 Å². The minimum absolute atomic E-state index is 0.0280. The van der Waals surface area contributed by atoms with Gasteiger partial charge in [-0.15, -0.1) is 0 Å². The molecule has 0 radical (unpaired) electrons. The van der Waals surface area contributed by atoms with E-state index in [-0.39, 0.29) is 29.7 Å². The van der Waals surface area contributed by atoms with Crippen molar-refractivity contribution in [3.8, 4) is 0 Å². The Morgan fingerprint density at radius 2 is 1.33 bits per heavy atom. The molecule has 4 aromatic rings. The van der Waals surface area contributed by atoms with Gasteiger partial charge in [-0.25, -0.2) is 12.8 Å². The molecule has 4 rings (SSSR count). The number of benzene rings is 4. The van der Waals surface area contributed by atoms with Crippen molar-refractivity contribution in [1.82, 2.24) is 10.2 Å². The fourth-order valence-corrected chi connectivity index (χ4v) is 6.04. The first-order chi connectivity index (χ1) is 20.6. The minimum Gasteiger partial charge on any atom is -0.354 e. The van der Waals surface area contributed by atoms with E-state index in [9.17, 15) is 22.4 Å². The van der Waals surface area contributed by atoms with Gasteiger partial charge in [0, 0.05) is 19.5 Å². The number of para-hydroxylation sites is 1. The van der Waals surface area contributed by atoms with Crippen LogP contribution in [0.4, 0.5) is 10.1 Å². The number of halogens is 1. The molecular formula is C34H36FN3O4S. The molecule has 4 aromatic carbocycles. The molecule has 0 aliphatic rings. The lowest BCUT2D eigenvalue weighted by Gasteiger charge is -2.34. The molecule has 0 unspecified atom stereocenters. The van der Waals surface area contributed by atoms with E-state index < -0.39 is 34.3 Å². The number of carbonyl (C=O) groups is 2. The minimum atomic E-state index is -4.15. The number of anilines is 1. The van der Waals surface area contributed by atoms with Crippen molar-refractivity contribution in [3.63, 3.8) is 0 Å². The molecule has 0 fully saturated rings. The number of carbonyl (C=O) groups excluding carboxylic acids is 2. The molecule has 0 bridgehead atoms. The topological polar surface area (TPSA) is 86.8 Å². The van der Waals surface area contributed by atoms with E-state index in [0.717, 1.165) is 9.87 Å². The maximum atomic E-state index is 14.3. The lowest BCUT2D eigenvalue weighted by molar-refractivity contribution is -0.140. The van der Waals surface area contributed by atoms with Crippen LogP contribution in [0.5, 0.6) is 0 Å². The summed E-state index contributed by atoms with van der Waals surface area (Å²) in [5.74, 6) is -1.19. The van der Waals surface area contributed by atoms with E-state index in [1.54, 1.807) is 60.7 Å². The smallest absolute Gasteiger partial charge is 0.264 e. The van der Waals surface area contributed by atoms with E-state index >= 15 is 0 Å². The molecule has 2 amide bonds. The third-order valence-corrected chi connectivity index (χ3v) is 8.66. The largest absolute Gasteiger partial charge is 0.354 e. The summed E-state index contributed by atoms with van der Waals surface area (Å²) in [6.07, 6.45) is 0.203. The summed E-state index contributed by atoms with van der Waals surface area (Å²) in [7, 11) is -4.15. The predicted octanol–water partition coefficient (Wildman–Crippen LogP) is 5.43. The van der Waals surface area contributed by atoms with Crippen LogP contribution in [-0.4, -0.2) is 44.3 Å². The van der Waals surface area contributed by atoms with Gasteiger partial charge in [0.25, 0.3) is 10.0 Å². The van der Waals surface area contributed by atoms with Crippen LogP contribution in [0.15, 0.2) is 120 Å². The molecule has 0 aliphatic carbocycles. The third-order valence-electron chi connectivity index (χ3n) is 6.88. The molecule has 1 atom stereocenters. The monoisotopic (exact) mass is 601 g/mol. The van der Waals surface area contributed by atoms with E-state index in [0.29, 0.717) is 17.8 Å². The van der Waals surface area contributed by atoms with Gasteiger partial charge in [0.1, 0.15) is 18.4 Å². The molecular weight excluding hydrogens is 565 g/mol. The van der Waals surface area contributed by atoms with E-state index in [1.165, 1.54) is 29.2 Å². The summed E-state index contributed by atoms with van der Waals surface area (Å²) < 4.78 is 42.6. The van der Waals surface area contributed by atoms with E-state index in [2.05, 4.69) is 5.32 Å². The summed E-state index contributed by atoms with van der Waals surface area (Å²) >= 11 is 0. The molecule has 1 N–H and O–H groups in total. The highest BCUT2D eigenvalue weighted by atomic mass is 32.2. The van der Waals surface area contributed by atoms with Crippen molar-refractivity contribution in [2.45, 2.75) is 37.8 Å². The predicted molar refractivity (Wildman–Crippen MR) is 166 cm³/mol. The Labute approximate surface area is 253 Å². The zero-order chi connectivity index (χ0) is 30.8. The standard InChI is InChI=1S/C34H36FN3O4S/c1-26(2)23-36-34(40)32(22-27-12-6-3-7-13-27)37(24-28-18-20-29(35)21-19-28)33(39)25-38(30-14-8-4-9-15-30)43(41,42)31-16-10-5-11-17-31/h3-21,26,32H,22-25H2,1-2H3,(H,36,40)/t32-/m1/s1. The lowest BCUT2D eigenvalue weighted by Crippen LogP contribution is -2.53. The molecule has 7 nitrogen and oxygen atoms in total. The zero-order valence-corrected chi connectivity index (χ0v) is 25.1. The Morgan fingerprint density at radius 3 is 1.91 bits per heavy atom. The van der Waals surface area contributed by atoms with Crippen molar-refractivity contribution in [2.75, 3.05) is 17.4 Å². The molecule has 224 valence electrons. The van der Waals surface area contributed by atoms with Crippen LogP contribution in [0.2, 0.25) is 0 Å². The first-order valence-corrected chi connectivity index (χ1v) is 15.6. The molecule has 0 saturated carbocycles. The van der Waals surface area contributed by atoms with Gasteiger partial charge in [0.05, 0.1) is 10.6 Å². The maximum Gasteiger partial charge on any atom is 0.264 e. The van der Waals surface area contributed by atoms with Crippen molar-refractivity contribution in [1.29, 1.82) is 0 Å². The van der Waals surface area contributed by atoms with E-state index in [1.807, 2.05) is 44.2 Å². The Balaban J connectivity index is 1.77. The van der Waals surface area contributed by atoms with Crippen molar-refractivity contribution < 1.29 is 22.4 Å². The molecule has 0 heterocycles. The van der Waals surface area contributed by atoms with Gasteiger partial charge in [-0.05, 0) is 53.4 Å². The Morgan fingerprint density at radius 1 is 0.767 bits per heavy atom. The highest BCUT2D eigenvalue weighted by molar-refractivity contribution is 7.92. The maximum absolute atomic E-state index is 14.3. The number of nitrogens with zero attached hydrogens (tertiary/aromatic N) is 2. The second kappa shape index (κ2) is 14.6. The first-order valence-electron chi connectivity index (χ1n) is 14.1. The Hall–Kier alpha value is -4.50. The molecule has 0 saturated heterocycles. The van der Waals surface area contributed by atoms with Gasteiger partial charge >= 0.3 is 0 Å². The summed E-state index contributed by atoms with van der Waals surface area (Å²) in [6, 6.07) is 30.3. The van der Waals surface area contributed by atoms with Crippen molar-refractivity contribution in [2.24, 2.45) is 5.92 Å². The van der Waals surface area contributed by atoms with Crippen LogP contribution in [0.3, 0.4) is 0 Å². The molecule has 43 heavy (non-hydrogen) atoms. The van der Waals surface area contributed by atoms with Crippen LogP contribution in [0.1, 0.15) is 25.0 Å². The fourth-order valence-electron chi connectivity index (χ4n) is 4.61.